The SMILES string of the molecule is CCCN(C(=O)c1cc2c3c(c(N)nc2cc1F)COC3)[C@@H](C)c1ccc(C(F)(F)F)cn1. The van der Waals surface area contributed by atoms with Gasteiger partial charge in [-0.2, -0.15) is 13.2 Å². The van der Waals surface area contributed by atoms with E-state index in [9.17, 15) is 18.0 Å². The van der Waals surface area contributed by atoms with Gasteiger partial charge < -0.3 is 15.4 Å². The Bertz CT molecular complexity index is 1210. The highest BCUT2D eigenvalue weighted by molar-refractivity contribution is 5.99. The van der Waals surface area contributed by atoms with E-state index >= 15 is 4.39 Å². The average Bonchev–Trinajstić information content (AvgIpc) is 3.27. The van der Waals surface area contributed by atoms with Gasteiger partial charge in [-0.1, -0.05) is 6.92 Å². The second kappa shape index (κ2) is 8.58. The van der Waals surface area contributed by atoms with Crippen LogP contribution >= 0.6 is 0 Å². The molecule has 1 aliphatic heterocycles. The number of hydrogen-bond acceptors (Lipinski definition) is 5. The molecule has 10 heteroatoms. The molecule has 2 aromatic heterocycles. The fourth-order valence-corrected chi connectivity index (χ4v) is 4.00. The zero-order valence-corrected chi connectivity index (χ0v) is 18.0. The summed E-state index contributed by atoms with van der Waals surface area (Å²) in [6.07, 6.45) is -3.22. The van der Waals surface area contributed by atoms with Gasteiger partial charge in [-0.05, 0) is 37.1 Å². The average molecular weight is 462 g/mol. The Morgan fingerprint density at radius 1 is 1.24 bits per heavy atom. The number of hydrogen-bond donors (Lipinski definition) is 1. The summed E-state index contributed by atoms with van der Waals surface area (Å²) in [4.78, 5) is 23.0. The number of rotatable bonds is 5. The minimum absolute atomic E-state index is 0.157. The van der Waals surface area contributed by atoms with Gasteiger partial charge in [0.25, 0.3) is 5.91 Å². The molecule has 0 saturated carbocycles. The molecule has 0 unspecified atom stereocenters. The molecule has 1 aromatic carbocycles. The van der Waals surface area contributed by atoms with E-state index in [0.717, 1.165) is 23.4 Å². The van der Waals surface area contributed by atoms with Crippen molar-refractivity contribution in [3.8, 4) is 0 Å². The molecule has 1 amide bonds. The molecule has 0 radical (unpaired) electrons. The molecule has 1 atom stereocenters. The molecule has 174 valence electrons. The second-order valence-corrected chi connectivity index (χ2v) is 7.94. The van der Waals surface area contributed by atoms with Crippen LogP contribution < -0.4 is 5.73 Å². The van der Waals surface area contributed by atoms with Crippen molar-refractivity contribution in [1.82, 2.24) is 14.9 Å². The second-order valence-electron chi connectivity index (χ2n) is 7.94. The van der Waals surface area contributed by atoms with Crippen molar-refractivity contribution in [2.45, 2.75) is 45.7 Å². The number of fused-ring (bicyclic) bond motifs is 3. The number of aromatic nitrogens is 2. The highest BCUT2D eigenvalue weighted by Crippen LogP contribution is 2.34. The smallest absolute Gasteiger partial charge is 0.383 e. The fourth-order valence-electron chi connectivity index (χ4n) is 4.00. The molecule has 6 nitrogen and oxygen atoms in total. The number of nitrogens with zero attached hydrogens (tertiary/aromatic N) is 3. The lowest BCUT2D eigenvalue weighted by Gasteiger charge is -2.29. The number of carbonyl (C=O) groups is 1. The summed E-state index contributed by atoms with van der Waals surface area (Å²) in [5, 5.41) is 0.582. The molecule has 33 heavy (non-hydrogen) atoms. The van der Waals surface area contributed by atoms with E-state index in [1.54, 1.807) is 6.92 Å². The number of alkyl halides is 3. The molecule has 0 spiro atoms. The van der Waals surface area contributed by atoms with E-state index in [0.29, 0.717) is 23.9 Å². The number of amides is 1. The van der Waals surface area contributed by atoms with Gasteiger partial charge in [0.2, 0.25) is 0 Å². The van der Waals surface area contributed by atoms with Crippen LogP contribution in [0.25, 0.3) is 10.9 Å². The fraction of sp³-hybridized carbons (Fsp3) is 0.348. The van der Waals surface area contributed by atoms with Crippen molar-refractivity contribution in [3.63, 3.8) is 0 Å². The molecular weight excluding hydrogens is 440 g/mol. The van der Waals surface area contributed by atoms with Crippen LogP contribution in [0.2, 0.25) is 0 Å². The minimum atomic E-state index is -4.51. The molecule has 0 fully saturated rings. The number of ether oxygens (including phenoxy) is 1. The third-order valence-electron chi connectivity index (χ3n) is 5.78. The summed E-state index contributed by atoms with van der Waals surface area (Å²) in [5.41, 5.74) is 7.00. The lowest BCUT2D eigenvalue weighted by molar-refractivity contribution is -0.137. The Morgan fingerprint density at radius 2 is 1.97 bits per heavy atom. The third kappa shape index (κ3) is 4.22. The summed E-state index contributed by atoms with van der Waals surface area (Å²) >= 11 is 0. The Morgan fingerprint density at radius 3 is 2.61 bits per heavy atom. The van der Waals surface area contributed by atoms with Gasteiger partial charge in [-0.15, -0.1) is 0 Å². The first-order chi connectivity index (χ1) is 15.6. The summed E-state index contributed by atoms with van der Waals surface area (Å²) in [7, 11) is 0. The summed E-state index contributed by atoms with van der Waals surface area (Å²) in [6, 6.07) is 4.10. The Hall–Kier alpha value is -3.27. The molecule has 0 aliphatic carbocycles. The maximum Gasteiger partial charge on any atom is 0.417 e. The normalized spacial score (nSPS) is 14.4. The standard InChI is InChI=1S/C23H22F4N4O2/c1-3-6-31(12(2)19-5-4-13(9-29-19)23(25,26)27)22(32)15-7-14-16-10-33-11-17(16)21(28)30-20(14)8-18(15)24/h4-5,7-9,12H,3,6,10-11H2,1-2H3,(H2,28,30)/t12-/m0/s1. The van der Waals surface area contributed by atoms with E-state index in [1.807, 2.05) is 6.92 Å². The number of nitrogen functional groups attached to an aromatic ring is 1. The molecule has 4 rings (SSSR count). The van der Waals surface area contributed by atoms with E-state index in [4.69, 9.17) is 10.5 Å². The Kier molecular flexibility index (Phi) is 5.96. The molecule has 2 N–H and O–H groups in total. The predicted octanol–water partition coefficient (Wildman–Crippen LogP) is 5.01. The summed E-state index contributed by atoms with van der Waals surface area (Å²) < 4.78 is 59.1. The van der Waals surface area contributed by atoms with Crippen molar-refractivity contribution in [3.05, 3.63) is 64.2 Å². The lowest BCUT2D eigenvalue weighted by atomic mass is 10.0. The van der Waals surface area contributed by atoms with Crippen LogP contribution in [0, 0.1) is 5.82 Å². The van der Waals surface area contributed by atoms with Crippen molar-refractivity contribution in [2.75, 3.05) is 12.3 Å². The first-order valence-electron chi connectivity index (χ1n) is 10.4. The van der Waals surface area contributed by atoms with Gasteiger partial charge in [0, 0.05) is 29.8 Å². The topological polar surface area (TPSA) is 81.3 Å². The summed E-state index contributed by atoms with van der Waals surface area (Å²) in [6.45, 7) is 4.34. The van der Waals surface area contributed by atoms with E-state index in [1.165, 1.54) is 23.1 Å². The van der Waals surface area contributed by atoms with Crippen LogP contribution in [0.3, 0.4) is 0 Å². The molecule has 3 aromatic rings. The number of halogens is 4. The maximum atomic E-state index is 15.0. The zero-order valence-electron chi connectivity index (χ0n) is 18.0. The monoisotopic (exact) mass is 462 g/mol. The van der Waals surface area contributed by atoms with Crippen LogP contribution in [0.4, 0.5) is 23.4 Å². The van der Waals surface area contributed by atoms with Crippen LogP contribution in [0.15, 0.2) is 30.5 Å². The molecular formula is C23H22F4N4O2. The zero-order chi connectivity index (χ0) is 23.9. The number of benzene rings is 1. The van der Waals surface area contributed by atoms with Gasteiger partial charge in [-0.25, -0.2) is 9.37 Å². The lowest BCUT2D eigenvalue weighted by Crippen LogP contribution is -2.35. The van der Waals surface area contributed by atoms with Crippen molar-refractivity contribution in [1.29, 1.82) is 0 Å². The van der Waals surface area contributed by atoms with E-state index in [2.05, 4.69) is 9.97 Å². The van der Waals surface area contributed by atoms with Crippen molar-refractivity contribution in [2.24, 2.45) is 0 Å². The maximum absolute atomic E-state index is 15.0. The number of anilines is 1. The quantitative estimate of drug-likeness (QED) is 0.539. The minimum Gasteiger partial charge on any atom is -0.383 e. The third-order valence-corrected chi connectivity index (χ3v) is 5.78. The first-order valence-corrected chi connectivity index (χ1v) is 10.4. The van der Waals surface area contributed by atoms with Gasteiger partial charge in [-0.3, -0.25) is 9.78 Å². The predicted molar refractivity (Wildman–Crippen MR) is 114 cm³/mol. The van der Waals surface area contributed by atoms with E-state index in [-0.39, 0.29) is 30.2 Å². The van der Waals surface area contributed by atoms with Crippen LogP contribution in [0.5, 0.6) is 0 Å². The van der Waals surface area contributed by atoms with Crippen LogP contribution in [-0.2, 0) is 24.1 Å². The van der Waals surface area contributed by atoms with Crippen LogP contribution in [-0.4, -0.2) is 27.3 Å². The number of nitrogens with two attached hydrogens (primary N) is 1. The largest absolute Gasteiger partial charge is 0.417 e. The Labute approximate surface area is 187 Å². The van der Waals surface area contributed by atoms with Crippen LogP contribution in [0.1, 0.15) is 59.1 Å². The van der Waals surface area contributed by atoms with Crippen molar-refractivity contribution < 1.29 is 27.1 Å². The summed E-state index contributed by atoms with van der Waals surface area (Å²) in [5.74, 6) is -1.08. The molecule has 1 aliphatic rings. The van der Waals surface area contributed by atoms with Crippen molar-refractivity contribution >= 4 is 22.6 Å². The van der Waals surface area contributed by atoms with Gasteiger partial charge >= 0.3 is 6.18 Å². The highest BCUT2D eigenvalue weighted by atomic mass is 19.4. The van der Waals surface area contributed by atoms with Gasteiger partial charge in [0.05, 0.1) is 41.6 Å². The highest BCUT2D eigenvalue weighted by Gasteiger charge is 2.32. The molecule has 0 saturated heterocycles. The molecule has 3 heterocycles. The number of carbonyl (C=O) groups excluding carboxylic acids is 1. The Balaban J connectivity index is 1.72. The van der Waals surface area contributed by atoms with Gasteiger partial charge in [0.15, 0.2) is 0 Å². The first kappa shape index (κ1) is 22.9. The van der Waals surface area contributed by atoms with Gasteiger partial charge in [0.1, 0.15) is 11.6 Å². The number of pyridine rings is 2. The van der Waals surface area contributed by atoms with E-state index < -0.39 is 29.5 Å². The molecule has 0 bridgehead atoms.